The molecule has 286 valence electrons. The second kappa shape index (κ2) is 23.0. The number of aliphatic hydroxyl groups is 2. The number of carbonyl (C=O) groups is 2. The molecular formula is C32H45F2N3O14. The van der Waals surface area contributed by atoms with Crippen LogP contribution in [0.3, 0.4) is 0 Å². The molecule has 0 saturated heterocycles. The van der Waals surface area contributed by atoms with Crippen LogP contribution in [0, 0.1) is 32.1 Å². The Balaban J connectivity index is 1.58. The van der Waals surface area contributed by atoms with E-state index in [0.29, 0.717) is 31.1 Å². The highest BCUT2D eigenvalue weighted by molar-refractivity contribution is 5.69. The third-order valence-electron chi connectivity index (χ3n) is 7.41. The van der Waals surface area contributed by atoms with Crippen molar-refractivity contribution in [2.45, 2.75) is 75.7 Å². The van der Waals surface area contributed by atoms with Gasteiger partial charge in [-0.25, -0.2) is 4.79 Å². The molecule has 19 heteroatoms. The van der Waals surface area contributed by atoms with Gasteiger partial charge in [0.05, 0.1) is 31.5 Å². The molecule has 1 fully saturated rings. The van der Waals surface area contributed by atoms with E-state index in [1.165, 1.54) is 6.08 Å². The molecule has 1 unspecified atom stereocenters. The number of ether oxygens (including phenoxy) is 4. The number of nitrogens with zero attached hydrogens (tertiary/aromatic N) is 2. The average molecular weight is 734 g/mol. The summed E-state index contributed by atoms with van der Waals surface area (Å²) in [5.41, 5.74) is 0. The van der Waals surface area contributed by atoms with Crippen LogP contribution < -0.4 is 10.1 Å². The maximum atomic E-state index is 14.4. The Bertz CT molecular complexity index is 1270. The number of nitrogens with one attached hydrogen (secondary N) is 1. The summed E-state index contributed by atoms with van der Waals surface area (Å²) in [4.78, 5) is 52.9. The van der Waals surface area contributed by atoms with E-state index in [0.717, 1.165) is 0 Å². The van der Waals surface area contributed by atoms with E-state index >= 15 is 0 Å². The van der Waals surface area contributed by atoms with Crippen molar-refractivity contribution in [2.24, 2.45) is 11.8 Å². The molecule has 0 aromatic heterocycles. The van der Waals surface area contributed by atoms with Gasteiger partial charge in [-0.05, 0) is 50.3 Å². The molecule has 0 radical (unpaired) electrons. The molecule has 1 saturated carbocycles. The standard InChI is InChI=1S/C32H45F2N3O14/c1-23(35-31(41)47-17-9-16-46-20-25(51-37(44)45)21-50-36(42)43)19-48-30(40)13-8-3-2-7-12-26-27(29(39)18-28(26)38)14-15-32(33,34)22-49-24-10-5-4-6-11-24/h2,4-7,10-11,14-15,23,25-29,38-39H,3,8-9,12-13,16-22H2,1H3,(H,35,41)/b7-2-,15-14+/t23-,25?,26+,27+,28-,29+/m0/s1. The SMILES string of the molecule is C[C@@H](COC(=O)CCC/C=C\C[C@@H]1[C@@H](/C=C/C(F)(F)COc2ccccc2)[C@H](O)C[C@@H]1O)NC(=O)OCCCOCC(CO[N+](=O)[O-])O[N+](=O)[O-]. The van der Waals surface area contributed by atoms with Crippen molar-refractivity contribution in [3.63, 3.8) is 0 Å². The van der Waals surface area contributed by atoms with Crippen LogP contribution in [0.4, 0.5) is 13.6 Å². The van der Waals surface area contributed by atoms with Crippen LogP contribution in [0.2, 0.25) is 0 Å². The van der Waals surface area contributed by atoms with Gasteiger partial charge in [0.25, 0.3) is 16.1 Å². The smallest absolute Gasteiger partial charge is 0.407 e. The second-order valence-corrected chi connectivity index (χ2v) is 11.7. The van der Waals surface area contributed by atoms with Gasteiger partial charge in [-0.15, -0.1) is 20.2 Å². The van der Waals surface area contributed by atoms with E-state index in [9.17, 15) is 48.8 Å². The predicted octanol–water partition coefficient (Wildman–Crippen LogP) is 3.58. The normalized spacial score (nSPS) is 20.1. The van der Waals surface area contributed by atoms with Gasteiger partial charge in [-0.1, -0.05) is 36.4 Å². The number of alkyl carbamates (subject to hydrolysis) is 1. The fraction of sp³-hybridized carbons (Fsp3) is 0.625. The lowest BCUT2D eigenvalue weighted by Gasteiger charge is -2.20. The Morgan fingerprint density at radius 2 is 1.76 bits per heavy atom. The van der Waals surface area contributed by atoms with Gasteiger partial charge < -0.3 is 44.2 Å². The van der Waals surface area contributed by atoms with Crippen molar-refractivity contribution in [3.8, 4) is 5.75 Å². The monoisotopic (exact) mass is 733 g/mol. The van der Waals surface area contributed by atoms with Gasteiger partial charge in [0.2, 0.25) is 0 Å². The summed E-state index contributed by atoms with van der Waals surface area (Å²) in [6.07, 6.45) is 3.32. The molecule has 1 aliphatic rings. The first-order valence-corrected chi connectivity index (χ1v) is 16.3. The molecule has 1 aromatic rings. The summed E-state index contributed by atoms with van der Waals surface area (Å²) < 4.78 is 49.3. The molecular weight excluding hydrogens is 688 g/mol. The zero-order valence-corrected chi connectivity index (χ0v) is 28.1. The summed E-state index contributed by atoms with van der Waals surface area (Å²) in [7, 11) is 0. The van der Waals surface area contributed by atoms with Crippen molar-refractivity contribution < 1.29 is 67.4 Å². The highest BCUT2D eigenvalue weighted by Gasteiger charge is 2.40. The summed E-state index contributed by atoms with van der Waals surface area (Å²) in [5, 5.41) is 41.7. The van der Waals surface area contributed by atoms with Crippen molar-refractivity contribution in [3.05, 3.63) is 74.9 Å². The number of esters is 1. The molecule has 0 heterocycles. The molecule has 1 amide bonds. The highest BCUT2D eigenvalue weighted by Crippen LogP contribution is 2.37. The molecule has 17 nitrogen and oxygen atoms in total. The lowest BCUT2D eigenvalue weighted by Crippen LogP contribution is -2.37. The Hall–Kier alpha value is -4.62. The summed E-state index contributed by atoms with van der Waals surface area (Å²) >= 11 is 0. The first kappa shape index (κ1) is 42.5. The summed E-state index contributed by atoms with van der Waals surface area (Å²) in [5.74, 6) is -4.58. The largest absolute Gasteiger partial charge is 0.487 e. The topological polar surface area (TPSA) is 228 Å². The molecule has 1 aliphatic carbocycles. The van der Waals surface area contributed by atoms with Crippen LogP contribution in [-0.2, 0) is 28.7 Å². The molecule has 1 aromatic carbocycles. The molecule has 0 bridgehead atoms. The molecule has 0 aliphatic heterocycles. The number of allylic oxidation sites excluding steroid dienone is 2. The number of rotatable bonds is 25. The minimum absolute atomic E-state index is 0.00277. The van der Waals surface area contributed by atoms with E-state index in [4.69, 9.17) is 18.9 Å². The van der Waals surface area contributed by atoms with Gasteiger partial charge in [0.15, 0.2) is 12.7 Å². The number of amides is 1. The minimum atomic E-state index is -3.28. The number of para-hydroxylation sites is 1. The lowest BCUT2D eigenvalue weighted by molar-refractivity contribution is -0.790. The van der Waals surface area contributed by atoms with Gasteiger partial charge in [0, 0.05) is 31.8 Å². The Morgan fingerprint density at radius 3 is 2.47 bits per heavy atom. The fourth-order valence-corrected chi connectivity index (χ4v) is 4.93. The zero-order chi connectivity index (χ0) is 37.6. The maximum absolute atomic E-state index is 14.4. The Labute approximate surface area is 292 Å². The number of carbonyl (C=O) groups excluding carboxylic acids is 2. The maximum Gasteiger partial charge on any atom is 0.407 e. The molecule has 2 rings (SSSR count). The van der Waals surface area contributed by atoms with Crippen molar-refractivity contribution in [2.75, 3.05) is 39.6 Å². The van der Waals surface area contributed by atoms with Crippen LogP contribution in [0.15, 0.2) is 54.6 Å². The van der Waals surface area contributed by atoms with Crippen molar-refractivity contribution in [1.82, 2.24) is 5.32 Å². The number of hydrogen-bond donors (Lipinski definition) is 3. The third kappa shape index (κ3) is 18.8. The molecule has 3 N–H and O–H groups in total. The third-order valence-corrected chi connectivity index (χ3v) is 7.41. The lowest BCUT2D eigenvalue weighted by atomic mass is 9.89. The number of alkyl halides is 2. The van der Waals surface area contributed by atoms with Gasteiger partial charge in [-0.2, -0.15) is 8.78 Å². The fourth-order valence-electron chi connectivity index (χ4n) is 4.93. The summed E-state index contributed by atoms with van der Waals surface area (Å²) in [6.45, 7) is -0.513. The van der Waals surface area contributed by atoms with Crippen LogP contribution >= 0.6 is 0 Å². The van der Waals surface area contributed by atoms with Gasteiger partial charge in [0.1, 0.15) is 19.0 Å². The van der Waals surface area contributed by atoms with Crippen LogP contribution in [0.25, 0.3) is 0 Å². The second-order valence-electron chi connectivity index (χ2n) is 11.7. The average Bonchev–Trinajstić information content (AvgIpc) is 3.34. The van der Waals surface area contributed by atoms with Crippen LogP contribution in [-0.4, -0.2) is 102 Å². The van der Waals surface area contributed by atoms with E-state index in [-0.39, 0.29) is 45.7 Å². The first-order chi connectivity index (χ1) is 24.3. The van der Waals surface area contributed by atoms with E-state index in [2.05, 4.69) is 15.0 Å². The Kier molecular flexibility index (Phi) is 19.2. The number of benzene rings is 1. The quantitative estimate of drug-likeness (QED) is 0.0429. The van der Waals surface area contributed by atoms with E-state index in [1.807, 2.05) is 6.08 Å². The molecule has 6 atom stereocenters. The van der Waals surface area contributed by atoms with Gasteiger partial charge in [-0.3, -0.25) is 4.79 Å². The van der Waals surface area contributed by atoms with Crippen molar-refractivity contribution in [1.29, 1.82) is 0 Å². The van der Waals surface area contributed by atoms with Crippen LogP contribution in [0.1, 0.15) is 45.4 Å². The minimum Gasteiger partial charge on any atom is -0.487 e. The summed E-state index contributed by atoms with van der Waals surface area (Å²) in [6, 6.07) is 7.66. The van der Waals surface area contributed by atoms with E-state index < -0.39 is 77.6 Å². The number of halogens is 2. The Morgan fingerprint density at radius 1 is 1.02 bits per heavy atom. The number of unbranched alkanes of at least 4 members (excludes halogenated alkanes) is 1. The molecule has 51 heavy (non-hydrogen) atoms. The van der Waals surface area contributed by atoms with Gasteiger partial charge >= 0.3 is 12.1 Å². The van der Waals surface area contributed by atoms with E-state index in [1.54, 1.807) is 43.3 Å². The number of hydrogen-bond acceptors (Lipinski definition) is 14. The van der Waals surface area contributed by atoms with Crippen LogP contribution in [0.5, 0.6) is 5.75 Å². The predicted molar refractivity (Wildman–Crippen MR) is 172 cm³/mol. The zero-order valence-electron chi connectivity index (χ0n) is 28.1. The first-order valence-electron chi connectivity index (χ1n) is 16.3. The number of aliphatic hydroxyl groups excluding tert-OH is 2. The highest BCUT2D eigenvalue weighted by atomic mass is 19.3. The molecule has 0 spiro atoms. The van der Waals surface area contributed by atoms with Crippen molar-refractivity contribution >= 4 is 12.1 Å².